The minimum atomic E-state index is -0.120. The number of fused-ring (bicyclic) bond motifs is 1. The summed E-state index contributed by atoms with van der Waals surface area (Å²) in [6.07, 6.45) is 1.45. The summed E-state index contributed by atoms with van der Waals surface area (Å²) in [6, 6.07) is 15.9. The van der Waals surface area contributed by atoms with Crippen LogP contribution < -0.4 is 4.90 Å². The van der Waals surface area contributed by atoms with Crippen LogP contribution in [-0.4, -0.2) is 12.1 Å². The quantitative estimate of drug-likeness (QED) is 0.675. The van der Waals surface area contributed by atoms with E-state index in [2.05, 4.69) is 17.1 Å². The standard InChI is InChI=1S/C17H12N2OS2/c20-15-11-18-17(14-7-3-9-21-14)12-5-1-2-6-13(12)19(15)16-8-4-10-22-16/h1-11,17H. The van der Waals surface area contributed by atoms with E-state index in [1.54, 1.807) is 27.6 Å². The van der Waals surface area contributed by atoms with E-state index in [4.69, 9.17) is 0 Å². The van der Waals surface area contributed by atoms with E-state index in [9.17, 15) is 4.79 Å². The summed E-state index contributed by atoms with van der Waals surface area (Å²) in [4.78, 5) is 20.0. The van der Waals surface area contributed by atoms with Crippen LogP contribution in [0, 0.1) is 0 Å². The van der Waals surface area contributed by atoms with Gasteiger partial charge < -0.3 is 0 Å². The Kier molecular flexibility index (Phi) is 3.36. The molecule has 0 radical (unpaired) electrons. The van der Waals surface area contributed by atoms with Gasteiger partial charge in [0, 0.05) is 10.4 Å². The lowest BCUT2D eigenvalue weighted by Crippen LogP contribution is -2.25. The number of benzene rings is 1. The largest absolute Gasteiger partial charge is 0.274 e. The summed E-state index contributed by atoms with van der Waals surface area (Å²) in [7, 11) is 0. The van der Waals surface area contributed by atoms with Gasteiger partial charge in [0.15, 0.2) is 0 Å². The van der Waals surface area contributed by atoms with Crippen molar-refractivity contribution >= 4 is 45.5 Å². The highest BCUT2D eigenvalue weighted by molar-refractivity contribution is 7.14. The number of thiophene rings is 2. The molecule has 0 bridgehead atoms. The van der Waals surface area contributed by atoms with Crippen molar-refractivity contribution in [1.29, 1.82) is 0 Å². The second kappa shape index (κ2) is 5.51. The number of aliphatic imine (C=N–C) groups is 1. The molecule has 0 aliphatic carbocycles. The molecule has 0 N–H and O–H groups in total. The minimum absolute atomic E-state index is 0.103. The molecule has 22 heavy (non-hydrogen) atoms. The Morgan fingerprint density at radius 1 is 0.955 bits per heavy atom. The van der Waals surface area contributed by atoms with Crippen molar-refractivity contribution in [2.45, 2.75) is 6.04 Å². The summed E-state index contributed by atoms with van der Waals surface area (Å²) < 4.78 is 0. The van der Waals surface area contributed by atoms with Crippen LogP contribution >= 0.6 is 22.7 Å². The lowest BCUT2D eigenvalue weighted by Gasteiger charge is -2.21. The molecular weight excluding hydrogens is 312 g/mol. The SMILES string of the molecule is O=C1C=NC(c2cccs2)c2ccccc2N1c1cccs1. The molecule has 0 spiro atoms. The molecule has 1 atom stereocenters. The molecule has 4 rings (SSSR count). The number of hydrogen-bond acceptors (Lipinski definition) is 4. The van der Waals surface area contributed by atoms with Gasteiger partial charge in [0.1, 0.15) is 11.0 Å². The van der Waals surface area contributed by atoms with Gasteiger partial charge in [-0.2, -0.15) is 0 Å². The Bertz CT molecular complexity index is 822. The van der Waals surface area contributed by atoms with Crippen molar-refractivity contribution in [2.75, 3.05) is 4.90 Å². The second-order valence-corrected chi connectivity index (χ2v) is 6.79. The Morgan fingerprint density at radius 2 is 1.77 bits per heavy atom. The van der Waals surface area contributed by atoms with Crippen LogP contribution in [0.1, 0.15) is 16.5 Å². The molecule has 1 aromatic carbocycles. The first kappa shape index (κ1) is 13.4. The van der Waals surface area contributed by atoms with Crippen LogP contribution in [-0.2, 0) is 4.79 Å². The van der Waals surface area contributed by atoms with Gasteiger partial charge in [0.2, 0.25) is 0 Å². The molecule has 1 unspecified atom stereocenters. The van der Waals surface area contributed by atoms with Crippen LogP contribution in [0.25, 0.3) is 0 Å². The zero-order chi connectivity index (χ0) is 14.9. The maximum absolute atomic E-state index is 12.6. The molecule has 5 heteroatoms. The molecule has 0 saturated heterocycles. The predicted molar refractivity (Wildman–Crippen MR) is 92.6 cm³/mol. The number of carbonyl (C=O) groups excluding carboxylic acids is 1. The first-order valence-corrected chi connectivity index (χ1v) is 8.63. The smallest absolute Gasteiger partial charge is 0.274 e. The molecule has 3 aromatic rings. The highest BCUT2D eigenvalue weighted by Crippen LogP contribution is 2.40. The molecule has 1 aliphatic heterocycles. The van der Waals surface area contributed by atoms with E-state index in [0.717, 1.165) is 21.1 Å². The minimum Gasteiger partial charge on any atom is -0.274 e. The van der Waals surface area contributed by atoms with Crippen molar-refractivity contribution in [1.82, 2.24) is 0 Å². The maximum Gasteiger partial charge on any atom is 0.274 e. The summed E-state index contributed by atoms with van der Waals surface area (Å²) in [5, 5.41) is 4.93. The highest BCUT2D eigenvalue weighted by atomic mass is 32.1. The van der Waals surface area contributed by atoms with E-state index in [1.807, 2.05) is 47.2 Å². The number of amides is 1. The van der Waals surface area contributed by atoms with Crippen molar-refractivity contribution in [3.8, 4) is 0 Å². The first-order valence-electron chi connectivity index (χ1n) is 6.88. The van der Waals surface area contributed by atoms with Gasteiger partial charge in [-0.05, 0) is 35.0 Å². The van der Waals surface area contributed by atoms with Gasteiger partial charge >= 0.3 is 0 Å². The molecule has 0 saturated carbocycles. The average Bonchev–Trinajstić information content (AvgIpc) is 3.21. The molecular formula is C17H12N2OS2. The fourth-order valence-electron chi connectivity index (χ4n) is 2.62. The Labute approximate surface area is 136 Å². The van der Waals surface area contributed by atoms with Crippen molar-refractivity contribution in [2.24, 2.45) is 4.99 Å². The van der Waals surface area contributed by atoms with Crippen molar-refractivity contribution in [3.05, 3.63) is 69.7 Å². The third-order valence-corrected chi connectivity index (χ3v) is 5.34. The van der Waals surface area contributed by atoms with Gasteiger partial charge in [-0.3, -0.25) is 14.7 Å². The van der Waals surface area contributed by atoms with Crippen molar-refractivity contribution < 1.29 is 4.79 Å². The molecule has 2 aromatic heterocycles. The lowest BCUT2D eigenvalue weighted by atomic mass is 10.0. The fourth-order valence-corrected chi connectivity index (χ4v) is 4.15. The van der Waals surface area contributed by atoms with Gasteiger partial charge in [0.05, 0.1) is 11.9 Å². The predicted octanol–water partition coefficient (Wildman–Crippen LogP) is 4.65. The molecule has 108 valence electrons. The van der Waals surface area contributed by atoms with Crippen LogP contribution in [0.3, 0.4) is 0 Å². The summed E-state index contributed by atoms with van der Waals surface area (Å²) in [6.45, 7) is 0. The maximum atomic E-state index is 12.6. The fraction of sp³-hybridized carbons (Fsp3) is 0.0588. The normalized spacial score (nSPS) is 17.4. The number of hydrogen-bond donors (Lipinski definition) is 0. The molecule has 3 heterocycles. The summed E-state index contributed by atoms with van der Waals surface area (Å²) >= 11 is 3.21. The Balaban J connectivity index is 1.92. The van der Waals surface area contributed by atoms with Crippen LogP contribution in [0.5, 0.6) is 0 Å². The Hall–Kier alpha value is -2.24. The van der Waals surface area contributed by atoms with Crippen molar-refractivity contribution in [3.63, 3.8) is 0 Å². The van der Waals surface area contributed by atoms with Gasteiger partial charge in [-0.15, -0.1) is 22.7 Å². The topological polar surface area (TPSA) is 32.7 Å². The van der Waals surface area contributed by atoms with Gasteiger partial charge in [-0.25, -0.2) is 0 Å². The van der Waals surface area contributed by atoms with Gasteiger partial charge in [-0.1, -0.05) is 24.3 Å². The zero-order valence-corrected chi connectivity index (χ0v) is 13.2. The monoisotopic (exact) mass is 324 g/mol. The Morgan fingerprint density at radius 3 is 2.55 bits per heavy atom. The number of carbonyl (C=O) groups is 1. The third-order valence-electron chi connectivity index (χ3n) is 3.57. The first-order chi connectivity index (χ1) is 10.8. The van der Waals surface area contributed by atoms with Gasteiger partial charge in [0.25, 0.3) is 5.91 Å². The van der Waals surface area contributed by atoms with Crippen LogP contribution in [0.2, 0.25) is 0 Å². The number of para-hydroxylation sites is 1. The van der Waals surface area contributed by atoms with E-state index in [-0.39, 0.29) is 11.9 Å². The summed E-state index contributed by atoms with van der Waals surface area (Å²) in [5.74, 6) is -0.103. The number of nitrogens with zero attached hydrogens (tertiary/aromatic N) is 2. The van der Waals surface area contributed by atoms with Crippen LogP contribution in [0.4, 0.5) is 10.7 Å². The van der Waals surface area contributed by atoms with Crippen LogP contribution in [0.15, 0.2) is 64.3 Å². The number of anilines is 2. The molecule has 3 nitrogen and oxygen atoms in total. The molecule has 0 fully saturated rings. The summed E-state index contributed by atoms with van der Waals surface area (Å²) in [5.41, 5.74) is 1.96. The third kappa shape index (κ3) is 2.19. The van der Waals surface area contributed by atoms with E-state index in [0.29, 0.717) is 0 Å². The van der Waals surface area contributed by atoms with E-state index >= 15 is 0 Å². The van der Waals surface area contributed by atoms with E-state index < -0.39 is 0 Å². The van der Waals surface area contributed by atoms with E-state index in [1.165, 1.54) is 6.21 Å². The molecule has 1 aliphatic rings. The lowest BCUT2D eigenvalue weighted by molar-refractivity contribution is -0.111. The average molecular weight is 324 g/mol. The highest BCUT2D eigenvalue weighted by Gasteiger charge is 2.27. The number of rotatable bonds is 2. The zero-order valence-electron chi connectivity index (χ0n) is 11.5. The second-order valence-electron chi connectivity index (χ2n) is 4.88. The molecule has 1 amide bonds.